The molecule has 0 unspecified atom stereocenters. The number of amides is 2. The number of imide groups is 1. The number of hydrogen-bond acceptors (Lipinski definition) is 7. The first kappa shape index (κ1) is 24.1. The summed E-state index contributed by atoms with van der Waals surface area (Å²) in [6, 6.07) is 18.9. The number of nitrogens with zero attached hydrogens (tertiary/aromatic N) is 2. The second-order valence-electron chi connectivity index (χ2n) is 8.57. The summed E-state index contributed by atoms with van der Waals surface area (Å²) >= 11 is 3.37. The molecule has 0 aliphatic carbocycles. The summed E-state index contributed by atoms with van der Waals surface area (Å²) in [7, 11) is 1.45. The van der Waals surface area contributed by atoms with Crippen molar-refractivity contribution >= 4 is 39.1 Å². The quantitative estimate of drug-likeness (QED) is 0.412. The number of fused-ring (bicyclic) bond motifs is 1. The number of rotatable bonds is 7. The number of hydroxylamine groups is 1. The smallest absolute Gasteiger partial charge is 0.266 e. The van der Waals surface area contributed by atoms with E-state index in [1.807, 2.05) is 37.3 Å². The molecule has 186 valence electrons. The number of para-hydroxylation sites is 1. The van der Waals surface area contributed by atoms with Crippen molar-refractivity contribution in [1.29, 1.82) is 0 Å². The summed E-state index contributed by atoms with van der Waals surface area (Å²) in [5, 5.41) is 11.9. The van der Waals surface area contributed by atoms with Gasteiger partial charge in [-0.2, -0.15) is 0 Å². The predicted octanol–water partition coefficient (Wildman–Crippen LogP) is 5.00. The predicted molar refractivity (Wildman–Crippen MR) is 137 cm³/mol. The van der Waals surface area contributed by atoms with Gasteiger partial charge >= 0.3 is 0 Å². The van der Waals surface area contributed by atoms with Crippen molar-refractivity contribution in [1.82, 2.24) is 0 Å². The Bertz CT molecular complexity index is 1280. The van der Waals surface area contributed by atoms with Gasteiger partial charge in [-0.3, -0.25) is 14.4 Å². The van der Waals surface area contributed by atoms with Crippen LogP contribution in [0.25, 0.3) is 0 Å². The van der Waals surface area contributed by atoms with E-state index in [0.29, 0.717) is 33.8 Å². The fraction of sp³-hybridized carbons (Fsp3) is 0.259. The number of phenols is 1. The minimum atomic E-state index is -1.00. The monoisotopic (exact) mass is 552 g/mol. The number of anilines is 2. The highest BCUT2D eigenvalue weighted by molar-refractivity contribution is 9.10. The molecule has 8 nitrogen and oxygen atoms in total. The number of halogens is 1. The van der Waals surface area contributed by atoms with Gasteiger partial charge in [0.15, 0.2) is 17.6 Å². The molecule has 2 amide bonds. The summed E-state index contributed by atoms with van der Waals surface area (Å²) in [6.45, 7) is 2.60. The van der Waals surface area contributed by atoms with E-state index in [-0.39, 0.29) is 17.4 Å². The van der Waals surface area contributed by atoms with Crippen LogP contribution in [-0.4, -0.2) is 36.7 Å². The van der Waals surface area contributed by atoms with Gasteiger partial charge in [0.2, 0.25) is 5.91 Å². The third-order valence-corrected chi connectivity index (χ3v) is 6.91. The number of methoxy groups -OCH3 is 1. The molecule has 0 spiro atoms. The summed E-state index contributed by atoms with van der Waals surface area (Å²) in [6.07, 6.45) is -0.125. The van der Waals surface area contributed by atoms with Crippen LogP contribution in [0.15, 0.2) is 71.2 Å². The molecular formula is C27H25BrN2O6. The van der Waals surface area contributed by atoms with Gasteiger partial charge in [0.25, 0.3) is 5.91 Å². The molecule has 3 atom stereocenters. The van der Waals surface area contributed by atoms with Crippen molar-refractivity contribution in [3.8, 4) is 17.2 Å². The third kappa shape index (κ3) is 4.08. The zero-order valence-electron chi connectivity index (χ0n) is 19.8. The van der Waals surface area contributed by atoms with Gasteiger partial charge in [-0.25, -0.2) is 9.96 Å². The minimum absolute atomic E-state index is 0.0520. The standard InChI is InChI=1S/C27H25BrN2O6/c1-3-13-35-19-11-9-17(10-12-19)29-26(32)22-23(16-14-20(28)24(31)21(15-16)34-2)30(36-25(22)27(29)33)18-7-5-4-6-8-18/h4-12,14-15,22-23,25,31H,3,13H2,1-2H3/t22-,23-,25+/m0/s1. The molecule has 0 radical (unpaired) electrons. The maximum atomic E-state index is 13.8. The van der Waals surface area contributed by atoms with E-state index in [9.17, 15) is 14.7 Å². The van der Waals surface area contributed by atoms with E-state index in [2.05, 4.69) is 15.9 Å². The van der Waals surface area contributed by atoms with Crippen LogP contribution >= 0.6 is 15.9 Å². The second kappa shape index (κ2) is 9.83. The van der Waals surface area contributed by atoms with Crippen LogP contribution in [0.1, 0.15) is 24.9 Å². The van der Waals surface area contributed by atoms with Crippen LogP contribution in [0, 0.1) is 5.92 Å². The summed E-state index contributed by atoms with van der Waals surface area (Å²) in [5.41, 5.74) is 1.81. The van der Waals surface area contributed by atoms with Crippen molar-refractivity contribution in [3.63, 3.8) is 0 Å². The van der Waals surface area contributed by atoms with Gasteiger partial charge in [-0.05, 0) is 76.4 Å². The van der Waals surface area contributed by atoms with Crippen LogP contribution in [-0.2, 0) is 14.4 Å². The van der Waals surface area contributed by atoms with Crippen LogP contribution in [0.4, 0.5) is 11.4 Å². The lowest BCUT2D eigenvalue weighted by molar-refractivity contribution is -0.126. The number of aromatic hydroxyl groups is 1. The highest BCUT2D eigenvalue weighted by Crippen LogP contribution is 2.49. The van der Waals surface area contributed by atoms with E-state index < -0.39 is 24.0 Å². The number of benzene rings is 3. The van der Waals surface area contributed by atoms with E-state index in [1.54, 1.807) is 41.5 Å². The molecule has 2 aliphatic heterocycles. The van der Waals surface area contributed by atoms with E-state index in [1.165, 1.54) is 12.0 Å². The Kier molecular flexibility index (Phi) is 6.59. The van der Waals surface area contributed by atoms with Gasteiger partial charge in [-0.15, -0.1) is 0 Å². The SMILES string of the molecule is CCCOc1ccc(N2C(=O)[C@@H]3[C@@H](ON(c4ccccc4)[C@H]3c3cc(Br)c(O)c(OC)c3)C2=O)cc1. The Morgan fingerprint density at radius 1 is 1.00 bits per heavy atom. The highest BCUT2D eigenvalue weighted by atomic mass is 79.9. The van der Waals surface area contributed by atoms with E-state index in [4.69, 9.17) is 14.3 Å². The van der Waals surface area contributed by atoms with Crippen molar-refractivity contribution in [2.24, 2.45) is 5.92 Å². The molecule has 5 rings (SSSR count). The van der Waals surface area contributed by atoms with Gasteiger partial charge in [-0.1, -0.05) is 25.1 Å². The fourth-order valence-corrected chi connectivity index (χ4v) is 5.10. The van der Waals surface area contributed by atoms with Crippen molar-refractivity contribution in [2.45, 2.75) is 25.5 Å². The molecule has 2 aliphatic rings. The molecule has 2 heterocycles. The average molecular weight is 553 g/mol. The zero-order chi connectivity index (χ0) is 25.4. The summed E-state index contributed by atoms with van der Waals surface area (Å²) in [5.74, 6) is -0.740. The summed E-state index contributed by atoms with van der Waals surface area (Å²) in [4.78, 5) is 34.7. The molecular weight excluding hydrogens is 528 g/mol. The lowest BCUT2D eigenvalue weighted by Crippen LogP contribution is -2.37. The normalized spacial score (nSPS) is 21.1. The Balaban J connectivity index is 1.54. The first-order valence-electron chi connectivity index (χ1n) is 11.6. The average Bonchev–Trinajstić information content (AvgIpc) is 3.41. The Morgan fingerprint density at radius 2 is 1.72 bits per heavy atom. The van der Waals surface area contributed by atoms with Gasteiger partial charge < -0.3 is 14.6 Å². The molecule has 9 heteroatoms. The number of ether oxygens (including phenoxy) is 2. The van der Waals surface area contributed by atoms with Crippen LogP contribution in [0.5, 0.6) is 17.2 Å². The Morgan fingerprint density at radius 3 is 2.39 bits per heavy atom. The maximum absolute atomic E-state index is 13.8. The Hall–Kier alpha value is -3.56. The van der Waals surface area contributed by atoms with Gasteiger partial charge in [0.1, 0.15) is 11.7 Å². The molecule has 3 aromatic carbocycles. The lowest BCUT2D eigenvalue weighted by atomic mass is 9.90. The molecule has 0 saturated carbocycles. The molecule has 0 bridgehead atoms. The zero-order valence-corrected chi connectivity index (χ0v) is 21.3. The first-order chi connectivity index (χ1) is 17.4. The largest absolute Gasteiger partial charge is 0.503 e. The molecule has 2 saturated heterocycles. The number of phenolic OH excluding ortho intramolecular Hbond substituents is 1. The molecule has 2 fully saturated rings. The second-order valence-corrected chi connectivity index (χ2v) is 9.42. The Labute approximate surface area is 217 Å². The molecule has 0 aromatic heterocycles. The van der Waals surface area contributed by atoms with Crippen LogP contribution in [0.2, 0.25) is 0 Å². The third-order valence-electron chi connectivity index (χ3n) is 6.31. The van der Waals surface area contributed by atoms with Gasteiger partial charge in [0.05, 0.1) is 35.6 Å². The van der Waals surface area contributed by atoms with Crippen molar-refractivity contribution < 1.29 is 29.0 Å². The first-order valence-corrected chi connectivity index (χ1v) is 12.4. The molecule has 1 N–H and O–H groups in total. The number of carbonyl (C=O) groups is 2. The molecule has 3 aromatic rings. The topological polar surface area (TPSA) is 88.5 Å². The van der Waals surface area contributed by atoms with E-state index >= 15 is 0 Å². The molecule has 36 heavy (non-hydrogen) atoms. The van der Waals surface area contributed by atoms with Crippen LogP contribution in [0.3, 0.4) is 0 Å². The fourth-order valence-electron chi connectivity index (χ4n) is 4.64. The number of carbonyl (C=O) groups excluding carboxylic acids is 2. The maximum Gasteiger partial charge on any atom is 0.266 e. The van der Waals surface area contributed by atoms with Crippen molar-refractivity contribution in [2.75, 3.05) is 23.7 Å². The lowest BCUT2D eigenvalue weighted by Gasteiger charge is -2.29. The number of hydrogen-bond donors (Lipinski definition) is 1. The van der Waals surface area contributed by atoms with Gasteiger partial charge in [0, 0.05) is 0 Å². The summed E-state index contributed by atoms with van der Waals surface area (Å²) < 4.78 is 11.4. The van der Waals surface area contributed by atoms with Crippen molar-refractivity contribution in [3.05, 3.63) is 76.8 Å². The highest BCUT2D eigenvalue weighted by Gasteiger charge is 2.60. The minimum Gasteiger partial charge on any atom is -0.503 e. The van der Waals surface area contributed by atoms with E-state index in [0.717, 1.165) is 6.42 Å². The van der Waals surface area contributed by atoms with Crippen LogP contribution < -0.4 is 19.4 Å².